The first-order chi connectivity index (χ1) is 10.2. The molecule has 6 heteroatoms. The maximum absolute atomic E-state index is 11.9. The number of carbonyl (C=O) groups excluding carboxylic acids is 1. The van der Waals surface area contributed by atoms with Crippen molar-refractivity contribution < 1.29 is 14.4 Å². The van der Waals surface area contributed by atoms with Crippen LogP contribution in [-0.2, 0) is 9.63 Å². The van der Waals surface area contributed by atoms with E-state index < -0.39 is 0 Å². The highest BCUT2D eigenvalue weighted by atomic mass is 16.7. The van der Waals surface area contributed by atoms with Crippen LogP contribution in [0.15, 0.2) is 18.2 Å². The summed E-state index contributed by atoms with van der Waals surface area (Å²) in [5.74, 6) is 0.636. The molecule has 0 aromatic heterocycles. The third-order valence-electron chi connectivity index (χ3n) is 3.42. The van der Waals surface area contributed by atoms with Gasteiger partial charge < -0.3 is 15.8 Å². The Morgan fingerprint density at radius 1 is 1.48 bits per heavy atom. The second-order valence-corrected chi connectivity index (χ2v) is 5.07. The number of amides is 1. The molecule has 3 N–H and O–H groups in total. The Morgan fingerprint density at radius 2 is 2.33 bits per heavy atom. The van der Waals surface area contributed by atoms with Crippen molar-refractivity contribution in [2.45, 2.75) is 25.7 Å². The molecule has 0 atom stereocenters. The van der Waals surface area contributed by atoms with E-state index in [1.165, 1.54) is 0 Å². The van der Waals surface area contributed by atoms with Crippen LogP contribution in [0.5, 0.6) is 5.75 Å². The molecule has 0 aliphatic carbocycles. The molecule has 1 fully saturated rings. The van der Waals surface area contributed by atoms with Gasteiger partial charge in [0.25, 0.3) is 0 Å². The normalized spacial score (nSPS) is 15.7. The molecule has 0 radical (unpaired) electrons. The summed E-state index contributed by atoms with van der Waals surface area (Å²) in [7, 11) is 1.58. The minimum absolute atomic E-state index is 0.0381. The quantitative estimate of drug-likeness (QED) is 0.785. The van der Waals surface area contributed by atoms with Crippen LogP contribution in [-0.4, -0.2) is 37.8 Å². The zero-order chi connectivity index (χ0) is 15.1. The molecule has 0 bridgehead atoms. The average Bonchev–Trinajstić information content (AvgIpc) is 2.50. The largest absolute Gasteiger partial charge is 0.497 e. The lowest BCUT2D eigenvalue weighted by molar-refractivity contribution is -0.180. The van der Waals surface area contributed by atoms with E-state index in [1.807, 2.05) is 5.06 Å². The molecule has 1 saturated heterocycles. The molecule has 1 amide bonds. The summed E-state index contributed by atoms with van der Waals surface area (Å²) in [5.41, 5.74) is 6.99. The number of methoxy groups -OCH3 is 1. The Labute approximate surface area is 125 Å². The van der Waals surface area contributed by atoms with E-state index in [1.54, 1.807) is 25.3 Å². The van der Waals surface area contributed by atoms with Crippen molar-refractivity contribution >= 4 is 17.3 Å². The number of nitrogens with two attached hydrogens (primary N) is 1. The van der Waals surface area contributed by atoms with Crippen LogP contribution in [0.3, 0.4) is 0 Å². The first kappa shape index (κ1) is 15.6. The number of ether oxygens (including phenoxy) is 1. The van der Waals surface area contributed by atoms with E-state index in [-0.39, 0.29) is 5.91 Å². The van der Waals surface area contributed by atoms with Gasteiger partial charge in [-0.15, -0.1) is 0 Å². The fourth-order valence-corrected chi connectivity index (χ4v) is 2.24. The monoisotopic (exact) mass is 293 g/mol. The van der Waals surface area contributed by atoms with Gasteiger partial charge in [-0.1, -0.05) is 0 Å². The summed E-state index contributed by atoms with van der Waals surface area (Å²) in [5, 5.41) is 4.76. The third kappa shape index (κ3) is 4.91. The molecule has 116 valence electrons. The zero-order valence-electron chi connectivity index (χ0n) is 12.4. The Kier molecular flexibility index (Phi) is 5.83. The van der Waals surface area contributed by atoms with Crippen LogP contribution in [0.4, 0.5) is 11.4 Å². The Hall–Kier alpha value is -1.79. The molecule has 0 spiro atoms. The third-order valence-corrected chi connectivity index (χ3v) is 3.42. The summed E-state index contributed by atoms with van der Waals surface area (Å²) in [6, 6.07) is 5.21. The number of hydroxylamine groups is 2. The number of rotatable bonds is 6. The van der Waals surface area contributed by atoms with Gasteiger partial charge in [-0.3, -0.25) is 9.63 Å². The van der Waals surface area contributed by atoms with Crippen LogP contribution >= 0.6 is 0 Å². The molecule has 2 rings (SSSR count). The van der Waals surface area contributed by atoms with Gasteiger partial charge >= 0.3 is 0 Å². The standard InChI is InChI=1S/C15H23N3O3/c1-20-12-6-7-14(13(16)11-12)17-15(19)5-4-9-18-8-2-3-10-21-18/h6-7,11H,2-5,8-10,16H2,1H3,(H,17,19). The number of hydrogen-bond donors (Lipinski definition) is 2. The summed E-state index contributed by atoms with van der Waals surface area (Å²) >= 11 is 0. The summed E-state index contributed by atoms with van der Waals surface area (Å²) < 4.78 is 5.07. The highest BCUT2D eigenvalue weighted by molar-refractivity contribution is 5.93. The molecule has 0 unspecified atom stereocenters. The molecule has 1 aliphatic rings. The fraction of sp³-hybridized carbons (Fsp3) is 0.533. The highest BCUT2D eigenvalue weighted by Gasteiger charge is 2.11. The number of anilines is 2. The first-order valence-electron chi connectivity index (χ1n) is 7.30. The van der Waals surface area contributed by atoms with Gasteiger partial charge in [-0.05, 0) is 31.4 Å². The number of nitrogens with zero attached hydrogens (tertiary/aromatic N) is 1. The lowest BCUT2D eigenvalue weighted by Gasteiger charge is -2.25. The van der Waals surface area contributed by atoms with Crippen LogP contribution in [0.1, 0.15) is 25.7 Å². The molecular formula is C15H23N3O3. The Morgan fingerprint density at radius 3 is 3.00 bits per heavy atom. The van der Waals surface area contributed by atoms with E-state index in [0.29, 0.717) is 23.5 Å². The van der Waals surface area contributed by atoms with Gasteiger partial charge in [0.15, 0.2) is 0 Å². The number of hydrogen-bond acceptors (Lipinski definition) is 5. The van der Waals surface area contributed by atoms with Gasteiger partial charge in [-0.2, -0.15) is 5.06 Å². The zero-order valence-corrected chi connectivity index (χ0v) is 12.4. The molecule has 1 aromatic carbocycles. The second kappa shape index (κ2) is 7.85. The van der Waals surface area contributed by atoms with E-state index in [2.05, 4.69) is 5.32 Å². The Bertz CT molecular complexity index is 473. The van der Waals surface area contributed by atoms with Crippen molar-refractivity contribution in [3.63, 3.8) is 0 Å². The number of nitrogen functional groups attached to an aromatic ring is 1. The van der Waals surface area contributed by atoms with Gasteiger partial charge in [0.1, 0.15) is 5.75 Å². The fourth-order valence-electron chi connectivity index (χ4n) is 2.24. The molecule has 6 nitrogen and oxygen atoms in total. The van der Waals surface area contributed by atoms with E-state index >= 15 is 0 Å². The maximum atomic E-state index is 11.9. The highest BCUT2D eigenvalue weighted by Crippen LogP contribution is 2.24. The van der Waals surface area contributed by atoms with Gasteiger partial charge in [0.05, 0.1) is 25.1 Å². The van der Waals surface area contributed by atoms with Crippen molar-refractivity contribution in [2.24, 2.45) is 0 Å². The van der Waals surface area contributed by atoms with Crippen molar-refractivity contribution in [1.29, 1.82) is 0 Å². The van der Waals surface area contributed by atoms with E-state index in [4.69, 9.17) is 15.3 Å². The summed E-state index contributed by atoms with van der Waals surface area (Å²) in [6.45, 7) is 2.52. The summed E-state index contributed by atoms with van der Waals surface area (Å²) in [4.78, 5) is 17.4. The van der Waals surface area contributed by atoms with Crippen molar-refractivity contribution in [2.75, 3.05) is 37.9 Å². The van der Waals surface area contributed by atoms with Crippen molar-refractivity contribution in [1.82, 2.24) is 5.06 Å². The second-order valence-electron chi connectivity index (χ2n) is 5.07. The number of benzene rings is 1. The summed E-state index contributed by atoms with van der Waals surface area (Å²) in [6.07, 6.45) is 3.50. The van der Waals surface area contributed by atoms with Crippen LogP contribution in [0.2, 0.25) is 0 Å². The SMILES string of the molecule is COc1ccc(NC(=O)CCCN2CCCCO2)c(N)c1. The number of carbonyl (C=O) groups is 1. The van der Waals surface area contributed by atoms with Crippen molar-refractivity contribution in [3.8, 4) is 5.75 Å². The molecule has 1 aromatic rings. The van der Waals surface area contributed by atoms with E-state index in [9.17, 15) is 4.79 Å². The topological polar surface area (TPSA) is 76.8 Å². The predicted molar refractivity (Wildman–Crippen MR) is 82.0 cm³/mol. The minimum atomic E-state index is -0.0381. The van der Waals surface area contributed by atoms with Crippen molar-refractivity contribution in [3.05, 3.63) is 18.2 Å². The minimum Gasteiger partial charge on any atom is -0.497 e. The van der Waals surface area contributed by atoms with Crippen LogP contribution < -0.4 is 15.8 Å². The predicted octanol–water partition coefficient (Wildman–Crippen LogP) is 2.02. The van der Waals surface area contributed by atoms with Gasteiger partial charge in [0, 0.05) is 25.6 Å². The first-order valence-corrected chi connectivity index (χ1v) is 7.30. The van der Waals surface area contributed by atoms with Crippen LogP contribution in [0.25, 0.3) is 0 Å². The molecule has 21 heavy (non-hydrogen) atoms. The van der Waals surface area contributed by atoms with E-state index in [0.717, 1.165) is 39.0 Å². The average molecular weight is 293 g/mol. The molecular weight excluding hydrogens is 270 g/mol. The van der Waals surface area contributed by atoms with Gasteiger partial charge in [0.2, 0.25) is 5.91 Å². The smallest absolute Gasteiger partial charge is 0.224 e. The molecule has 1 heterocycles. The lowest BCUT2D eigenvalue weighted by Crippen LogP contribution is -2.31. The number of nitrogens with one attached hydrogen (secondary N) is 1. The van der Waals surface area contributed by atoms with Gasteiger partial charge in [-0.25, -0.2) is 0 Å². The molecule has 1 aliphatic heterocycles. The molecule has 0 saturated carbocycles. The Balaban J connectivity index is 1.73. The lowest BCUT2D eigenvalue weighted by atomic mass is 10.2. The maximum Gasteiger partial charge on any atom is 0.224 e. The van der Waals surface area contributed by atoms with Crippen LogP contribution in [0, 0.1) is 0 Å².